The van der Waals surface area contributed by atoms with Crippen LogP contribution in [0.3, 0.4) is 0 Å². The van der Waals surface area contributed by atoms with Crippen molar-refractivity contribution in [2.24, 2.45) is 16.8 Å². The molecule has 0 radical (unpaired) electrons. The van der Waals surface area contributed by atoms with Gasteiger partial charge >= 0.3 is 0 Å². The first-order valence-electron chi connectivity index (χ1n) is 16.4. The lowest BCUT2D eigenvalue weighted by Gasteiger charge is -2.30. The van der Waals surface area contributed by atoms with E-state index in [1.807, 2.05) is 38.4 Å². The lowest BCUT2D eigenvalue weighted by atomic mass is 9.79. The number of aliphatic imine (C=N–C) groups is 1. The number of aryl methyl sites for hydroxylation is 1. The summed E-state index contributed by atoms with van der Waals surface area (Å²) >= 11 is 0. The quantitative estimate of drug-likeness (QED) is 0.142. The normalized spacial score (nSPS) is 20.9. The van der Waals surface area contributed by atoms with Crippen molar-refractivity contribution in [2.75, 3.05) is 33.4 Å². The first kappa shape index (κ1) is 33.4. The number of rotatable bonds is 19. The minimum absolute atomic E-state index is 0.00730. The van der Waals surface area contributed by atoms with Crippen molar-refractivity contribution in [3.63, 3.8) is 0 Å². The minimum atomic E-state index is -0.391. The standard InChI is InChI=1S/C35H53N3O5/c1-4-5-10-33-28(23-39)19-30(43-33)13-11-25-12-14-32(41)34(17-25)42-16-15-29-18-27(21-37-29)35(26-8-6-7-9-26)31(22-36-3)38-20-24(2)40/h12,14,17-19,21,24,26,31,33,35-36,38-41H,4-11,13,15-16,20,22-23H2,1-3H3. The van der Waals surface area contributed by atoms with Crippen LogP contribution in [0.4, 0.5) is 0 Å². The molecule has 2 aliphatic heterocycles. The molecule has 0 saturated heterocycles. The number of phenols is 1. The molecule has 1 saturated carbocycles. The number of unbranched alkanes of at least 4 members (excludes halogenated alkanes) is 1. The Morgan fingerprint density at radius 2 is 2.05 bits per heavy atom. The highest BCUT2D eigenvalue weighted by molar-refractivity contribution is 5.84. The minimum Gasteiger partial charge on any atom is -0.504 e. The van der Waals surface area contributed by atoms with Gasteiger partial charge in [0.2, 0.25) is 0 Å². The van der Waals surface area contributed by atoms with Gasteiger partial charge in [-0.1, -0.05) is 51.2 Å². The number of aliphatic hydroxyl groups excluding tert-OH is 2. The number of aliphatic hydroxyl groups is 2. The van der Waals surface area contributed by atoms with Crippen LogP contribution in [0.15, 0.2) is 46.5 Å². The highest BCUT2D eigenvalue weighted by Crippen LogP contribution is 2.39. The van der Waals surface area contributed by atoms with E-state index in [-0.39, 0.29) is 24.5 Å². The van der Waals surface area contributed by atoms with Crippen molar-refractivity contribution in [3.05, 3.63) is 59.2 Å². The molecule has 0 aromatic heterocycles. The number of aromatic hydroxyl groups is 1. The topological polar surface area (TPSA) is 116 Å². The number of hydrogen-bond donors (Lipinski definition) is 5. The maximum atomic E-state index is 10.5. The Balaban J connectivity index is 1.31. The Morgan fingerprint density at radius 3 is 2.77 bits per heavy atom. The fraction of sp³-hybridized carbons (Fsp3) is 0.629. The van der Waals surface area contributed by atoms with Crippen LogP contribution in [0.1, 0.15) is 77.2 Å². The summed E-state index contributed by atoms with van der Waals surface area (Å²) in [6, 6.07) is 6.73. The van der Waals surface area contributed by atoms with Gasteiger partial charge in [-0.15, -0.1) is 4.99 Å². The Hall–Kier alpha value is -2.49. The van der Waals surface area contributed by atoms with Crippen LogP contribution in [-0.2, 0) is 11.2 Å². The van der Waals surface area contributed by atoms with E-state index in [0.29, 0.717) is 37.2 Å². The summed E-state index contributed by atoms with van der Waals surface area (Å²) in [4.78, 5) is 4.75. The van der Waals surface area contributed by atoms with E-state index in [0.717, 1.165) is 61.9 Å². The second-order valence-corrected chi connectivity index (χ2v) is 12.4. The molecule has 1 aromatic carbocycles. The van der Waals surface area contributed by atoms with Crippen LogP contribution in [-0.4, -0.2) is 73.1 Å². The van der Waals surface area contributed by atoms with Crippen LogP contribution >= 0.6 is 0 Å². The third kappa shape index (κ3) is 9.75. The molecule has 8 nitrogen and oxygen atoms in total. The Morgan fingerprint density at radius 1 is 1.23 bits per heavy atom. The van der Waals surface area contributed by atoms with Gasteiger partial charge in [-0.25, -0.2) is 0 Å². The number of hydrogen-bond acceptors (Lipinski definition) is 8. The van der Waals surface area contributed by atoms with E-state index in [9.17, 15) is 15.3 Å². The Labute approximate surface area is 258 Å². The molecule has 3 aliphatic rings. The summed E-state index contributed by atoms with van der Waals surface area (Å²) in [6.07, 6.45) is 17.0. The van der Waals surface area contributed by atoms with E-state index < -0.39 is 6.10 Å². The first-order valence-corrected chi connectivity index (χ1v) is 16.4. The number of phenolic OH excluding ortho intramolecular Hbond substituents is 1. The molecule has 4 rings (SSSR count). The maximum Gasteiger partial charge on any atom is 0.176 e. The lowest BCUT2D eigenvalue weighted by molar-refractivity contribution is 0.103. The van der Waals surface area contributed by atoms with E-state index in [2.05, 4.69) is 23.6 Å². The van der Waals surface area contributed by atoms with E-state index in [4.69, 9.17) is 14.5 Å². The van der Waals surface area contributed by atoms with Gasteiger partial charge in [-0.05, 0) is 63.3 Å². The maximum absolute atomic E-state index is 10.5. The van der Waals surface area contributed by atoms with Gasteiger partial charge in [-0.2, -0.15) is 11.6 Å². The molecule has 2 heterocycles. The fourth-order valence-electron chi connectivity index (χ4n) is 6.63. The summed E-state index contributed by atoms with van der Waals surface area (Å²) < 4.78 is 12.2. The van der Waals surface area contributed by atoms with Crippen molar-refractivity contribution >= 4 is 6.21 Å². The highest BCUT2D eigenvalue weighted by Gasteiger charge is 2.40. The Bertz CT molecular complexity index is 1080. The molecular weight excluding hydrogens is 542 g/mol. The van der Waals surface area contributed by atoms with Crippen LogP contribution < -0.4 is 15.4 Å². The van der Waals surface area contributed by atoms with Crippen molar-refractivity contribution in [1.29, 1.82) is 0 Å². The zero-order chi connectivity index (χ0) is 30.6. The number of nitrogens with one attached hydrogen (secondary N) is 2. The third-order valence-corrected chi connectivity index (χ3v) is 8.89. The van der Waals surface area contributed by atoms with Gasteiger partial charge < -0.3 is 35.4 Å². The molecule has 4 unspecified atom stereocenters. The van der Waals surface area contributed by atoms with Crippen LogP contribution in [0.25, 0.3) is 0 Å². The van der Waals surface area contributed by atoms with Crippen LogP contribution in [0, 0.1) is 24.0 Å². The largest absolute Gasteiger partial charge is 0.504 e. The summed E-state index contributed by atoms with van der Waals surface area (Å²) in [5, 5.41) is 37.0. The number of likely N-dealkylation sites (N-methyl/N-ethyl adjacent to an activating group) is 1. The molecule has 0 spiro atoms. The predicted octanol–water partition coefficient (Wildman–Crippen LogP) is 5.04. The molecule has 5 N–H and O–H groups in total. The van der Waals surface area contributed by atoms with Gasteiger partial charge in [0.25, 0.3) is 0 Å². The molecule has 0 bridgehead atoms. The van der Waals surface area contributed by atoms with Crippen molar-refractivity contribution in [1.82, 2.24) is 10.6 Å². The zero-order valence-corrected chi connectivity index (χ0v) is 26.4. The monoisotopic (exact) mass is 595 g/mol. The fourth-order valence-corrected chi connectivity index (χ4v) is 6.63. The smallest absolute Gasteiger partial charge is 0.176 e. The number of ether oxygens (including phenoxy) is 2. The van der Waals surface area contributed by atoms with Gasteiger partial charge in [0.05, 0.1) is 24.5 Å². The summed E-state index contributed by atoms with van der Waals surface area (Å²) in [5.74, 6) is 1.55. The first-order chi connectivity index (χ1) is 20.9. The molecule has 1 aliphatic carbocycles. The van der Waals surface area contributed by atoms with E-state index >= 15 is 0 Å². The van der Waals surface area contributed by atoms with E-state index in [1.54, 1.807) is 6.07 Å². The summed E-state index contributed by atoms with van der Waals surface area (Å²) in [5.41, 5.74) is 3.28. The number of nitrogens with zero attached hydrogens (tertiary/aromatic N) is 1. The van der Waals surface area contributed by atoms with Gasteiger partial charge in [-0.3, -0.25) is 0 Å². The molecule has 4 atom stereocenters. The predicted molar refractivity (Wildman–Crippen MR) is 172 cm³/mol. The van der Waals surface area contributed by atoms with Gasteiger partial charge in [0, 0.05) is 31.8 Å². The highest BCUT2D eigenvalue weighted by atomic mass is 16.5. The molecule has 1 aromatic rings. The van der Waals surface area contributed by atoms with Crippen LogP contribution in [0.2, 0.25) is 0 Å². The third-order valence-electron chi connectivity index (χ3n) is 8.89. The second-order valence-electron chi connectivity index (χ2n) is 12.4. The molecule has 1 fully saturated rings. The molecule has 238 valence electrons. The molecule has 8 heteroatoms. The second kappa shape index (κ2) is 17.1. The number of benzene rings is 1. The lowest BCUT2D eigenvalue weighted by Crippen LogP contribution is -2.48. The van der Waals surface area contributed by atoms with Gasteiger partial charge in [0.15, 0.2) is 23.8 Å². The summed E-state index contributed by atoms with van der Waals surface area (Å²) in [7, 11) is 1.98. The van der Waals surface area contributed by atoms with Crippen LogP contribution in [0.5, 0.6) is 11.5 Å². The average Bonchev–Trinajstić information content (AvgIpc) is 3.77. The van der Waals surface area contributed by atoms with Gasteiger partial charge in [0.1, 0.15) is 12.2 Å². The molecule has 0 amide bonds. The SMILES string of the molecule is CCCCC1O[C-](CCc2ccc(O)c(OCC[C+]3C=C(C(C4CCCC4)C(CNC)NCC(C)O)C=N3)c2)C=C1CO. The van der Waals surface area contributed by atoms with Crippen molar-refractivity contribution in [3.8, 4) is 11.5 Å². The molecule has 43 heavy (non-hydrogen) atoms. The zero-order valence-electron chi connectivity index (χ0n) is 26.4. The summed E-state index contributed by atoms with van der Waals surface area (Å²) in [6.45, 7) is 5.83. The Kier molecular flexibility index (Phi) is 13.3. The van der Waals surface area contributed by atoms with E-state index in [1.165, 1.54) is 31.3 Å². The van der Waals surface area contributed by atoms with Crippen molar-refractivity contribution in [2.45, 2.75) is 96.3 Å². The molecular formula is C35H53N3O5. The average molecular weight is 596 g/mol. The van der Waals surface area contributed by atoms with Crippen molar-refractivity contribution < 1.29 is 24.8 Å².